The van der Waals surface area contributed by atoms with Gasteiger partial charge in [-0.1, -0.05) is 12.1 Å². The van der Waals surface area contributed by atoms with E-state index in [-0.39, 0.29) is 5.91 Å². The van der Waals surface area contributed by atoms with Crippen LogP contribution in [0.4, 0.5) is 5.69 Å². The molecule has 0 spiro atoms. The van der Waals surface area contributed by atoms with Crippen LogP contribution in [0.2, 0.25) is 0 Å². The first-order valence-electron chi connectivity index (χ1n) is 9.31. The van der Waals surface area contributed by atoms with Gasteiger partial charge < -0.3 is 15.6 Å². The van der Waals surface area contributed by atoms with Crippen molar-refractivity contribution < 1.29 is 4.79 Å². The highest BCUT2D eigenvalue weighted by atomic mass is 16.1. The number of nitrogens with one attached hydrogen (secondary N) is 4. The third kappa shape index (κ3) is 3.50. The summed E-state index contributed by atoms with van der Waals surface area (Å²) in [5.41, 5.74) is 5.12. The van der Waals surface area contributed by atoms with E-state index in [1.807, 2.05) is 38.1 Å². The lowest BCUT2D eigenvalue weighted by Crippen LogP contribution is -2.28. The van der Waals surface area contributed by atoms with Crippen molar-refractivity contribution in [2.75, 3.05) is 18.4 Å². The van der Waals surface area contributed by atoms with Crippen LogP contribution in [-0.4, -0.2) is 39.2 Å². The van der Waals surface area contributed by atoms with Crippen molar-refractivity contribution in [3.8, 4) is 11.4 Å². The molecule has 4 rings (SSSR count). The van der Waals surface area contributed by atoms with E-state index in [0.29, 0.717) is 11.5 Å². The monoisotopic (exact) mass is 364 g/mol. The molecule has 1 aromatic carbocycles. The number of nitrogens with zero attached hydrogens (tertiary/aromatic N) is 2. The molecule has 0 atom stereocenters. The van der Waals surface area contributed by atoms with Crippen LogP contribution < -0.4 is 10.6 Å². The first-order valence-corrected chi connectivity index (χ1v) is 9.31. The smallest absolute Gasteiger partial charge is 0.259 e. The number of imidazole rings is 1. The number of H-pyrrole nitrogens is 2. The molecule has 1 aliphatic rings. The number of aromatic amines is 2. The average molecular weight is 364 g/mol. The summed E-state index contributed by atoms with van der Waals surface area (Å²) in [4.78, 5) is 20.8. The molecular weight excluding hydrogens is 340 g/mol. The van der Waals surface area contributed by atoms with Gasteiger partial charge in [-0.2, -0.15) is 5.10 Å². The van der Waals surface area contributed by atoms with Crippen LogP contribution in [0.15, 0.2) is 30.5 Å². The van der Waals surface area contributed by atoms with Gasteiger partial charge in [0.25, 0.3) is 5.91 Å². The average Bonchev–Trinajstić information content (AvgIpc) is 3.30. The molecule has 7 heteroatoms. The van der Waals surface area contributed by atoms with Gasteiger partial charge in [0, 0.05) is 17.2 Å². The second kappa shape index (κ2) is 7.36. The Morgan fingerprint density at radius 2 is 1.96 bits per heavy atom. The van der Waals surface area contributed by atoms with Crippen LogP contribution in [0.1, 0.15) is 46.2 Å². The fourth-order valence-electron chi connectivity index (χ4n) is 3.56. The first-order chi connectivity index (χ1) is 13.1. The highest BCUT2D eigenvalue weighted by molar-refractivity contribution is 6.06. The van der Waals surface area contributed by atoms with Crippen molar-refractivity contribution in [3.63, 3.8) is 0 Å². The molecule has 0 aliphatic carbocycles. The lowest BCUT2D eigenvalue weighted by molar-refractivity contribution is 0.102. The minimum absolute atomic E-state index is 0.148. The van der Waals surface area contributed by atoms with E-state index in [1.165, 1.54) is 0 Å². The number of hydrogen-bond acceptors (Lipinski definition) is 4. The van der Waals surface area contributed by atoms with Gasteiger partial charge in [-0.3, -0.25) is 9.89 Å². The Hall–Kier alpha value is -2.93. The maximum Gasteiger partial charge on any atom is 0.259 e. The standard InChI is InChI=1S/C20H24N6O/c1-12-13(2)24-19(23-12)15-5-3-4-6-17(15)25-20(27)16-11-22-26-18(16)14-7-9-21-10-8-14/h3-6,11,14,21H,7-10H2,1-2H3,(H,22,26)(H,23,24)(H,25,27). The van der Waals surface area contributed by atoms with Crippen molar-refractivity contribution in [3.05, 3.63) is 53.1 Å². The summed E-state index contributed by atoms with van der Waals surface area (Å²) in [6, 6.07) is 7.70. The van der Waals surface area contributed by atoms with Crippen molar-refractivity contribution in [1.29, 1.82) is 0 Å². The van der Waals surface area contributed by atoms with E-state index in [4.69, 9.17) is 0 Å². The topological polar surface area (TPSA) is 98.5 Å². The number of hydrogen-bond donors (Lipinski definition) is 4. The van der Waals surface area contributed by atoms with Gasteiger partial charge in [0.1, 0.15) is 5.82 Å². The quantitative estimate of drug-likeness (QED) is 0.571. The predicted octanol–water partition coefficient (Wildman–Crippen LogP) is 3.14. The maximum absolute atomic E-state index is 13.0. The lowest BCUT2D eigenvalue weighted by Gasteiger charge is -2.22. The Bertz CT molecular complexity index is 932. The zero-order valence-electron chi connectivity index (χ0n) is 15.6. The van der Waals surface area contributed by atoms with Crippen molar-refractivity contribution >= 4 is 11.6 Å². The van der Waals surface area contributed by atoms with Gasteiger partial charge in [-0.05, 0) is 51.9 Å². The fourth-order valence-corrected chi connectivity index (χ4v) is 3.56. The summed E-state index contributed by atoms with van der Waals surface area (Å²) >= 11 is 0. The van der Waals surface area contributed by atoms with Crippen molar-refractivity contribution in [1.82, 2.24) is 25.5 Å². The molecule has 1 aliphatic heterocycles. The number of aryl methyl sites for hydroxylation is 2. The number of rotatable bonds is 4. The number of carbonyl (C=O) groups excluding carboxylic acids is 1. The van der Waals surface area contributed by atoms with Crippen LogP contribution in [0, 0.1) is 13.8 Å². The van der Waals surface area contributed by atoms with E-state index >= 15 is 0 Å². The molecule has 0 bridgehead atoms. The molecule has 7 nitrogen and oxygen atoms in total. The largest absolute Gasteiger partial charge is 0.342 e. The molecule has 3 heterocycles. The number of benzene rings is 1. The van der Waals surface area contributed by atoms with Gasteiger partial charge in [0.15, 0.2) is 0 Å². The Labute approximate surface area is 158 Å². The summed E-state index contributed by atoms with van der Waals surface area (Å²) < 4.78 is 0. The van der Waals surface area contributed by atoms with Crippen molar-refractivity contribution in [2.24, 2.45) is 0 Å². The second-order valence-electron chi connectivity index (χ2n) is 7.02. The lowest BCUT2D eigenvalue weighted by atomic mass is 9.92. The highest BCUT2D eigenvalue weighted by Gasteiger charge is 2.24. The molecule has 1 saturated heterocycles. The van der Waals surface area contributed by atoms with E-state index in [2.05, 4.69) is 30.8 Å². The summed E-state index contributed by atoms with van der Waals surface area (Å²) in [7, 11) is 0. The number of aromatic nitrogens is 4. The minimum Gasteiger partial charge on any atom is -0.342 e. The van der Waals surface area contributed by atoms with Crippen LogP contribution in [-0.2, 0) is 0 Å². The molecule has 0 saturated carbocycles. The Morgan fingerprint density at radius 3 is 2.70 bits per heavy atom. The maximum atomic E-state index is 13.0. The summed E-state index contributed by atoms with van der Waals surface area (Å²) in [5, 5.41) is 13.6. The number of anilines is 1. The van der Waals surface area contributed by atoms with Crippen molar-refractivity contribution in [2.45, 2.75) is 32.6 Å². The first kappa shape index (κ1) is 17.5. The normalized spacial score (nSPS) is 15.0. The molecule has 1 fully saturated rings. The Morgan fingerprint density at radius 1 is 1.19 bits per heavy atom. The molecule has 2 aromatic heterocycles. The van der Waals surface area contributed by atoms with Crippen LogP contribution in [0.5, 0.6) is 0 Å². The summed E-state index contributed by atoms with van der Waals surface area (Å²) in [6.45, 7) is 5.88. The number of amides is 1. The third-order valence-corrected chi connectivity index (χ3v) is 5.22. The van der Waals surface area contributed by atoms with Crippen LogP contribution >= 0.6 is 0 Å². The molecule has 1 amide bonds. The zero-order valence-corrected chi connectivity index (χ0v) is 15.6. The molecule has 3 aromatic rings. The van der Waals surface area contributed by atoms with E-state index < -0.39 is 0 Å². The van der Waals surface area contributed by atoms with E-state index in [1.54, 1.807) is 6.20 Å². The predicted molar refractivity (Wildman–Crippen MR) is 105 cm³/mol. The number of carbonyl (C=O) groups is 1. The van der Waals surface area contributed by atoms with Crippen LogP contribution in [0.3, 0.4) is 0 Å². The Balaban J connectivity index is 1.60. The van der Waals surface area contributed by atoms with E-state index in [9.17, 15) is 4.79 Å². The second-order valence-corrected chi connectivity index (χ2v) is 7.02. The SMILES string of the molecule is Cc1nc(-c2ccccc2NC(=O)c2cn[nH]c2C2CCNCC2)[nH]c1C. The Kier molecular flexibility index (Phi) is 4.77. The fraction of sp³-hybridized carbons (Fsp3) is 0.350. The zero-order chi connectivity index (χ0) is 18.8. The van der Waals surface area contributed by atoms with Gasteiger partial charge in [0.05, 0.1) is 28.8 Å². The minimum atomic E-state index is -0.148. The van der Waals surface area contributed by atoms with Gasteiger partial charge in [-0.25, -0.2) is 4.98 Å². The summed E-state index contributed by atoms with van der Waals surface area (Å²) in [5.74, 6) is 0.941. The molecule has 0 unspecified atom stereocenters. The van der Waals surface area contributed by atoms with Gasteiger partial charge in [0.2, 0.25) is 0 Å². The molecule has 0 radical (unpaired) electrons. The highest BCUT2D eigenvalue weighted by Crippen LogP contribution is 2.29. The van der Waals surface area contributed by atoms with Gasteiger partial charge in [-0.15, -0.1) is 0 Å². The third-order valence-electron chi connectivity index (χ3n) is 5.22. The van der Waals surface area contributed by atoms with Gasteiger partial charge >= 0.3 is 0 Å². The molecule has 27 heavy (non-hydrogen) atoms. The van der Waals surface area contributed by atoms with Crippen LogP contribution in [0.25, 0.3) is 11.4 Å². The summed E-state index contributed by atoms with van der Waals surface area (Å²) in [6.07, 6.45) is 3.63. The molecular formula is C20H24N6O. The number of piperidine rings is 1. The number of para-hydroxylation sites is 1. The van der Waals surface area contributed by atoms with E-state index in [0.717, 1.165) is 60.1 Å². The molecule has 140 valence electrons. The molecule has 4 N–H and O–H groups in total.